The Balaban J connectivity index is 2.04. The Hall–Kier alpha value is -1.15. The van der Waals surface area contributed by atoms with Crippen molar-refractivity contribution in [3.63, 3.8) is 0 Å². The Morgan fingerprint density at radius 2 is 1.95 bits per heavy atom. The Bertz CT molecular complexity index is 622. The van der Waals surface area contributed by atoms with Gasteiger partial charge in [0.1, 0.15) is 11.9 Å². The van der Waals surface area contributed by atoms with Gasteiger partial charge in [0.15, 0.2) is 0 Å². The van der Waals surface area contributed by atoms with Gasteiger partial charge in [-0.15, -0.1) is 0 Å². The Morgan fingerprint density at radius 1 is 1.26 bits per heavy atom. The molecule has 0 fully saturated rings. The maximum absolute atomic E-state index is 11.9. The average molecular weight is 346 g/mol. The lowest BCUT2D eigenvalue weighted by Crippen LogP contribution is -2.28. The average Bonchev–Trinajstić information content (AvgIpc) is 2.90. The third kappa shape index (κ3) is 3.66. The van der Waals surface area contributed by atoms with E-state index in [1.165, 1.54) is 18.4 Å². The van der Waals surface area contributed by atoms with E-state index >= 15 is 0 Å². The fourth-order valence-electron chi connectivity index (χ4n) is 1.47. The van der Waals surface area contributed by atoms with Crippen molar-refractivity contribution in [1.29, 1.82) is 0 Å². The normalized spacial score (nSPS) is 13.4. The molecule has 0 spiro atoms. The highest BCUT2D eigenvalue weighted by molar-refractivity contribution is 9.10. The van der Waals surface area contributed by atoms with E-state index in [9.17, 15) is 13.5 Å². The standard InChI is InChI=1S/C12H12BrNO4S/c13-9-3-5-10(6-4-9)19(16,17)14-8-11(15)12-2-1-7-18-12/h1-7,11,14-15H,8H2. The van der Waals surface area contributed by atoms with Crippen molar-refractivity contribution in [3.05, 3.63) is 52.9 Å². The first kappa shape index (κ1) is 14.3. The molecule has 1 aromatic carbocycles. The van der Waals surface area contributed by atoms with Crippen molar-refractivity contribution in [3.8, 4) is 0 Å². The van der Waals surface area contributed by atoms with Crippen LogP contribution < -0.4 is 4.72 Å². The Labute approximate surface area is 119 Å². The number of sulfonamides is 1. The largest absolute Gasteiger partial charge is 0.467 e. The monoisotopic (exact) mass is 345 g/mol. The van der Waals surface area contributed by atoms with Gasteiger partial charge in [0.2, 0.25) is 10.0 Å². The van der Waals surface area contributed by atoms with E-state index in [-0.39, 0.29) is 11.4 Å². The minimum absolute atomic E-state index is 0.141. The number of nitrogens with one attached hydrogen (secondary N) is 1. The van der Waals surface area contributed by atoms with E-state index in [1.807, 2.05) is 0 Å². The van der Waals surface area contributed by atoms with E-state index in [2.05, 4.69) is 20.7 Å². The van der Waals surface area contributed by atoms with Crippen molar-refractivity contribution in [2.45, 2.75) is 11.0 Å². The molecule has 1 aromatic heterocycles. The van der Waals surface area contributed by atoms with Gasteiger partial charge in [-0.05, 0) is 36.4 Å². The van der Waals surface area contributed by atoms with Gasteiger partial charge in [0.25, 0.3) is 0 Å². The van der Waals surface area contributed by atoms with Gasteiger partial charge >= 0.3 is 0 Å². The van der Waals surface area contributed by atoms with Crippen LogP contribution >= 0.6 is 15.9 Å². The molecule has 102 valence electrons. The molecule has 2 aromatic rings. The predicted molar refractivity (Wildman–Crippen MR) is 73.0 cm³/mol. The molecule has 7 heteroatoms. The summed E-state index contributed by atoms with van der Waals surface area (Å²) in [7, 11) is -3.64. The minimum atomic E-state index is -3.64. The molecule has 19 heavy (non-hydrogen) atoms. The fraction of sp³-hybridized carbons (Fsp3) is 0.167. The Morgan fingerprint density at radius 3 is 2.53 bits per heavy atom. The molecule has 1 unspecified atom stereocenters. The van der Waals surface area contributed by atoms with Crippen LogP contribution in [0.1, 0.15) is 11.9 Å². The van der Waals surface area contributed by atoms with Crippen LogP contribution in [0.25, 0.3) is 0 Å². The number of aliphatic hydroxyl groups excluding tert-OH is 1. The van der Waals surface area contributed by atoms with Gasteiger partial charge in [-0.2, -0.15) is 0 Å². The first-order chi connectivity index (χ1) is 8.99. The maximum atomic E-state index is 11.9. The molecule has 5 nitrogen and oxygen atoms in total. The lowest BCUT2D eigenvalue weighted by Gasteiger charge is -2.10. The lowest BCUT2D eigenvalue weighted by molar-refractivity contribution is 0.154. The third-order valence-electron chi connectivity index (χ3n) is 2.46. The fourth-order valence-corrected chi connectivity index (χ4v) is 2.77. The van der Waals surface area contributed by atoms with Gasteiger partial charge in [-0.3, -0.25) is 0 Å². The summed E-state index contributed by atoms with van der Waals surface area (Å²) in [5.74, 6) is 0.318. The first-order valence-corrected chi connectivity index (χ1v) is 7.73. The molecule has 0 radical (unpaired) electrons. The molecule has 2 rings (SSSR count). The molecule has 1 heterocycles. The van der Waals surface area contributed by atoms with E-state index in [0.717, 1.165) is 4.47 Å². The number of hydrogen-bond donors (Lipinski definition) is 2. The molecule has 2 N–H and O–H groups in total. The quantitative estimate of drug-likeness (QED) is 0.869. The molecular weight excluding hydrogens is 334 g/mol. The van der Waals surface area contributed by atoms with Crippen LogP contribution in [0.3, 0.4) is 0 Å². The van der Waals surface area contributed by atoms with Gasteiger partial charge in [0.05, 0.1) is 11.2 Å². The highest BCUT2D eigenvalue weighted by Crippen LogP contribution is 2.16. The van der Waals surface area contributed by atoms with Crippen molar-refractivity contribution >= 4 is 26.0 Å². The number of furan rings is 1. The molecule has 0 aliphatic heterocycles. The van der Waals surface area contributed by atoms with Gasteiger partial charge in [-0.1, -0.05) is 15.9 Å². The van der Waals surface area contributed by atoms with Crippen LogP contribution in [0.4, 0.5) is 0 Å². The predicted octanol–water partition coefficient (Wildman–Crippen LogP) is 2.05. The van der Waals surface area contributed by atoms with Crippen molar-refractivity contribution in [1.82, 2.24) is 4.72 Å². The molecule has 0 saturated heterocycles. The molecular formula is C12H12BrNO4S. The topological polar surface area (TPSA) is 79.5 Å². The van der Waals surface area contributed by atoms with Crippen molar-refractivity contribution in [2.24, 2.45) is 0 Å². The van der Waals surface area contributed by atoms with E-state index < -0.39 is 16.1 Å². The summed E-state index contributed by atoms with van der Waals surface area (Å²) >= 11 is 3.23. The summed E-state index contributed by atoms with van der Waals surface area (Å²) < 4.78 is 32.0. The Kier molecular flexibility index (Phi) is 4.41. The van der Waals surface area contributed by atoms with Crippen LogP contribution in [0, 0.1) is 0 Å². The number of benzene rings is 1. The molecule has 0 amide bonds. The molecule has 0 aliphatic rings. The number of rotatable bonds is 5. The maximum Gasteiger partial charge on any atom is 0.240 e. The minimum Gasteiger partial charge on any atom is -0.467 e. The smallest absolute Gasteiger partial charge is 0.240 e. The van der Waals surface area contributed by atoms with E-state index in [0.29, 0.717) is 5.76 Å². The number of hydrogen-bond acceptors (Lipinski definition) is 4. The van der Waals surface area contributed by atoms with Crippen molar-refractivity contribution in [2.75, 3.05) is 6.54 Å². The van der Waals surface area contributed by atoms with Gasteiger partial charge < -0.3 is 9.52 Å². The van der Waals surface area contributed by atoms with Crippen molar-refractivity contribution < 1.29 is 17.9 Å². The van der Waals surface area contributed by atoms with Crippen LogP contribution in [-0.2, 0) is 10.0 Å². The second kappa shape index (κ2) is 5.87. The summed E-state index contributed by atoms with van der Waals surface area (Å²) in [4.78, 5) is 0.141. The van der Waals surface area contributed by atoms with Crippen LogP contribution in [0.5, 0.6) is 0 Å². The molecule has 0 saturated carbocycles. The van der Waals surface area contributed by atoms with Gasteiger partial charge in [-0.25, -0.2) is 13.1 Å². The highest BCUT2D eigenvalue weighted by atomic mass is 79.9. The molecule has 1 atom stereocenters. The zero-order chi connectivity index (χ0) is 13.9. The third-order valence-corrected chi connectivity index (χ3v) is 4.43. The molecule has 0 bridgehead atoms. The van der Waals surface area contributed by atoms with Crippen LogP contribution in [-0.4, -0.2) is 20.1 Å². The summed E-state index contributed by atoms with van der Waals surface area (Å²) in [6.45, 7) is -0.147. The van der Waals surface area contributed by atoms with Gasteiger partial charge in [0, 0.05) is 11.0 Å². The summed E-state index contributed by atoms with van der Waals surface area (Å²) in [6.07, 6.45) is 0.405. The highest BCUT2D eigenvalue weighted by Gasteiger charge is 2.17. The zero-order valence-corrected chi connectivity index (χ0v) is 12.2. The van der Waals surface area contributed by atoms with E-state index in [1.54, 1.807) is 24.3 Å². The second-order valence-corrected chi connectivity index (χ2v) is 6.52. The summed E-state index contributed by atoms with van der Waals surface area (Å²) in [5, 5.41) is 9.74. The number of halogens is 1. The molecule has 0 aliphatic carbocycles. The first-order valence-electron chi connectivity index (χ1n) is 5.46. The number of aliphatic hydroxyl groups is 1. The SMILES string of the molecule is O=S(=O)(NCC(O)c1ccco1)c1ccc(Br)cc1. The lowest BCUT2D eigenvalue weighted by atomic mass is 10.3. The summed E-state index contributed by atoms with van der Waals surface area (Å²) in [5.41, 5.74) is 0. The summed E-state index contributed by atoms with van der Waals surface area (Å²) in [6, 6.07) is 9.44. The van der Waals surface area contributed by atoms with E-state index in [4.69, 9.17) is 4.42 Å². The van der Waals surface area contributed by atoms with Crippen LogP contribution in [0.15, 0.2) is 56.4 Å². The second-order valence-electron chi connectivity index (χ2n) is 3.84. The zero-order valence-electron chi connectivity index (χ0n) is 9.78. The van der Waals surface area contributed by atoms with Crippen LogP contribution in [0.2, 0.25) is 0 Å².